The number of hydrogen-bond donors (Lipinski definition) is 1. The first kappa shape index (κ1) is 25.3. The van der Waals surface area contributed by atoms with Gasteiger partial charge in [-0.05, 0) is 31.9 Å². The van der Waals surface area contributed by atoms with Gasteiger partial charge in [0.1, 0.15) is 6.54 Å². The van der Waals surface area contributed by atoms with Crippen LogP contribution >= 0.6 is 17.0 Å². The molecule has 27 heavy (non-hydrogen) atoms. The second-order valence-electron chi connectivity index (χ2n) is 6.31. The Kier molecular flexibility index (Phi) is 12.6. The molecule has 0 aromatic heterocycles. The second kappa shape index (κ2) is 13.5. The molecule has 2 aromatic carbocycles. The van der Waals surface area contributed by atoms with Crippen LogP contribution in [0, 0.1) is 0 Å². The van der Waals surface area contributed by atoms with Crippen molar-refractivity contribution >= 4 is 23.0 Å². The van der Waals surface area contributed by atoms with Crippen molar-refractivity contribution < 1.29 is 19.5 Å². The molecule has 0 amide bonds. The second-order valence-corrected chi connectivity index (χ2v) is 6.31. The molecule has 4 nitrogen and oxygen atoms in total. The molecular formula is C22H32BrNO3. The van der Waals surface area contributed by atoms with Crippen LogP contribution in [-0.2, 0) is 4.79 Å². The molecule has 0 spiro atoms. The predicted octanol–water partition coefficient (Wildman–Crippen LogP) is 3.00. The van der Waals surface area contributed by atoms with Crippen LogP contribution in [0.3, 0.4) is 0 Å². The summed E-state index contributed by atoms with van der Waals surface area (Å²) in [7, 11) is 0. The minimum Gasteiger partial charge on any atom is -0.549 e. The van der Waals surface area contributed by atoms with Gasteiger partial charge in [0.15, 0.2) is 0 Å². The van der Waals surface area contributed by atoms with E-state index in [1.807, 2.05) is 36.4 Å². The number of halogens is 1. The van der Waals surface area contributed by atoms with Gasteiger partial charge in [0.2, 0.25) is 0 Å². The molecule has 2 aromatic rings. The minimum absolute atomic E-state index is 0. The Hall–Kier alpha value is -1.69. The van der Waals surface area contributed by atoms with E-state index in [1.54, 1.807) is 24.3 Å². The fourth-order valence-corrected chi connectivity index (χ4v) is 3.11. The lowest BCUT2D eigenvalue weighted by atomic mass is 9.92. The number of carbonyl (C=O) groups excluding carboxylic acids is 1. The lowest BCUT2D eigenvalue weighted by molar-refractivity contribution is -0.923. The fraction of sp³-hybridized carbons (Fsp3) is 0.409. The average Bonchev–Trinajstić information content (AvgIpc) is 2.68. The SMILES string of the molecule is Br.CC[N+](CC)(CC)CCO.O=C([O-])C(c1ccccc1)c1ccccc1. The van der Waals surface area contributed by atoms with E-state index in [1.165, 1.54) is 0 Å². The molecule has 1 N–H and O–H groups in total. The largest absolute Gasteiger partial charge is 0.549 e. The summed E-state index contributed by atoms with van der Waals surface area (Å²) in [6.45, 7) is 11.2. The summed E-state index contributed by atoms with van der Waals surface area (Å²) in [5.74, 6) is -1.76. The number of carboxylic acid groups (broad SMARTS) is 1. The molecule has 2 rings (SSSR count). The standard InChI is InChI=1S/C14H12O2.C8H20NO.BrH/c15-14(16)13(11-7-3-1-4-8-11)12-9-5-2-6-10-12;1-4-9(5-2,6-3)7-8-10;/h1-10,13H,(H,15,16);10H,4-8H2,1-3H3;1H/q;+1;/p-1. The van der Waals surface area contributed by atoms with Gasteiger partial charge < -0.3 is 19.5 Å². The van der Waals surface area contributed by atoms with Gasteiger partial charge in [-0.2, -0.15) is 0 Å². The van der Waals surface area contributed by atoms with E-state index in [9.17, 15) is 9.90 Å². The van der Waals surface area contributed by atoms with E-state index in [0.29, 0.717) is 6.61 Å². The van der Waals surface area contributed by atoms with E-state index in [0.717, 1.165) is 41.8 Å². The summed E-state index contributed by atoms with van der Waals surface area (Å²) in [4.78, 5) is 11.2. The van der Waals surface area contributed by atoms with Gasteiger partial charge in [0.05, 0.1) is 32.2 Å². The molecule has 0 heterocycles. The monoisotopic (exact) mass is 437 g/mol. The normalized spacial score (nSPS) is 10.6. The number of carboxylic acids is 1. The molecule has 0 unspecified atom stereocenters. The summed E-state index contributed by atoms with van der Waals surface area (Å²) < 4.78 is 1.05. The van der Waals surface area contributed by atoms with Crippen LogP contribution in [0.25, 0.3) is 0 Å². The van der Waals surface area contributed by atoms with E-state index >= 15 is 0 Å². The Labute approximate surface area is 173 Å². The first-order valence-corrected chi connectivity index (χ1v) is 9.30. The zero-order valence-electron chi connectivity index (χ0n) is 16.5. The quantitative estimate of drug-likeness (QED) is 0.645. The highest BCUT2D eigenvalue weighted by Crippen LogP contribution is 2.23. The van der Waals surface area contributed by atoms with Gasteiger partial charge in [-0.25, -0.2) is 0 Å². The number of rotatable bonds is 8. The summed E-state index contributed by atoms with van der Waals surface area (Å²) in [5, 5.41) is 20.0. The maximum atomic E-state index is 11.2. The predicted molar refractivity (Wildman–Crippen MR) is 114 cm³/mol. The average molecular weight is 438 g/mol. The minimum atomic E-state index is -1.07. The number of nitrogens with zero attached hydrogens (tertiary/aromatic N) is 1. The number of aliphatic carboxylic acids is 1. The van der Waals surface area contributed by atoms with Crippen molar-refractivity contribution in [3.63, 3.8) is 0 Å². The van der Waals surface area contributed by atoms with Gasteiger partial charge in [0.25, 0.3) is 0 Å². The zero-order chi connectivity index (χ0) is 19.4. The van der Waals surface area contributed by atoms with Crippen molar-refractivity contribution in [3.8, 4) is 0 Å². The molecule has 0 bridgehead atoms. The molecular weight excluding hydrogens is 406 g/mol. The summed E-state index contributed by atoms with van der Waals surface area (Å²) >= 11 is 0. The van der Waals surface area contributed by atoms with Gasteiger partial charge in [0, 0.05) is 5.92 Å². The number of aliphatic hydroxyl groups excluding tert-OH is 1. The summed E-state index contributed by atoms with van der Waals surface area (Å²) in [6.07, 6.45) is 0. The lowest BCUT2D eigenvalue weighted by Crippen LogP contribution is -2.49. The molecule has 150 valence electrons. The van der Waals surface area contributed by atoms with E-state index < -0.39 is 11.9 Å². The third kappa shape index (κ3) is 7.83. The van der Waals surface area contributed by atoms with Crippen LogP contribution in [0.15, 0.2) is 60.7 Å². The van der Waals surface area contributed by atoms with Crippen LogP contribution < -0.4 is 5.11 Å². The first-order valence-electron chi connectivity index (χ1n) is 9.30. The number of carbonyl (C=O) groups is 1. The van der Waals surface area contributed by atoms with Crippen molar-refractivity contribution in [3.05, 3.63) is 71.8 Å². The Balaban J connectivity index is 0.000000539. The summed E-state index contributed by atoms with van der Waals surface area (Å²) in [5.41, 5.74) is 1.49. The maximum absolute atomic E-state index is 11.2. The molecule has 0 aliphatic heterocycles. The third-order valence-electron chi connectivity index (χ3n) is 5.09. The molecule has 0 aliphatic rings. The highest BCUT2D eigenvalue weighted by molar-refractivity contribution is 8.93. The number of likely N-dealkylation sites (N-methyl/N-ethyl adjacent to an activating group) is 1. The van der Waals surface area contributed by atoms with Crippen LogP contribution in [0.2, 0.25) is 0 Å². The number of aliphatic hydroxyl groups is 1. The van der Waals surface area contributed by atoms with Gasteiger partial charge in [-0.1, -0.05) is 60.7 Å². The Morgan fingerprint density at radius 2 is 1.26 bits per heavy atom. The van der Waals surface area contributed by atoms with Gasteiger partial charge >= 0.3 is 0 Å². The Bertz CT molecular complexity index is 583. The van der Waals surface area contributed by atoms with Crippen LogP contribution in [-0.4, -0.2) is 48.3 Å². The number of quaternary nitrogens is 1. The third-order valence-corrected chi connectivity index (χ3v) is 5.09. The van der Waals surface area contributed by atoms with Crippen molar-refractivity contribution in [2.24, 2.45) is 0 Å². The molecule has 0 atom stereocenters. The number of benzene rings is 2. The number of hydrogen-bond acceptors (Lipinski definition) is 3. The van der Waals surface area contributed by atoms with Crippen molar-refractivity contribution in [2.45, 2.75) is 26.7 Å². The van der Waals surface area contributed by atoms with Crippen molar-refractivity contribution in [1.29, 1.82) is 0 Å². The van der Waals surface area contributed by atoms with Crippen LogP contribution in [0.4, 0.5) is 0 Å². The van der Waals surface area contributed by atoms with Gasteiger partial charge in [-0.3, -0.25) is 0 Å². The molecule has 5 heteroatoms. The fourth-order valence-electron chi connectivity index (χ4n) is 3.11. The lowest BCUT2D eigenvalue weighted by Gasteiger charge is -2.34. The van der Waals surface area contributed by atoms with Crippen LogP contribution in [0.5, 0.6) is 0 Å². The van der Waals surface area contributed by atoms with E-state index in [4.69, 9.17) is 5.11 Å². The molecule has 0 radical (unpaired) electrons. The smallest absolute Gasteiger partial charge is 0.102 e. The Morgan fingerprint density at radius 1 is 0.889 bits per heavy atom. The highest BCUT2D eigenvalue weighted by Gasteiger charge is 2.18. The van der Waals surface area contributed by atoms with Crippen LogP contribution in [0.1, 0.15) is 37.8 Å². The highest BCUT2D eigenvalue weighted by atomic mass is 79.9. The maximum Gasteiger partial charge on any atom is 0.102 e. The molecule has 0 saturated heterocycles. The van der Waals surface area contributed by atoms with Gasteiger partial charge in [-0.15, -0.1) is 17.0 Å². The van der Waals surface area contributed by atoms with Crippen molar-refractivity contribution in [2.75, 3.05) is 32.8 Å². The molecule has 0 fully saturated rings. The van der Waals surface area contributed by atoms with E-state index in [-0.39, 0.29) is 17.0 Å². The van der Waals surface area contributed by atoms with Crippen molar-refractivity contribution in [1.82, 2.24) is 0 Å². The Morgan fingerprint density at radius 3 is 1.48 bits per heavy atom. The summed E-state index contributed by atoms with van der Waals surface area (Å²) in [6, 6.07) is 18.2. The first-order chi connectivity index (χ1) is 12.5. The van der Waals surface area contributed by atoms with E-state index in [2.05, 4.69) is 20.8 Å². The zero-order valence-corrected chi connectivity index (χ0v) is 18.2. The topological polar surface area (TPSA) is 60.4 Å². The molecule has 0 saturated carbocycles. The molecule has 0 aliphatic carbocycles.